The second kappa shape index (κ2) is 5.12. The zero-order valence-electron chi connectivity index (χ0n) is 11.4. The van der Waals surface area contributed by atoms with E-state index < -0.39 is 4.92 Å². The van der Waals surface area contributed by atoms with Gasteiger partial charge in [0.15, 0.2) is 0 Å². The van der Waals surface area contributed by atoms with Gasteiger partial charge in [0.1, 0.15) is 5.82 Å². The standard InChI is InChI=1S/C15H14FN3O2/c1-9-2-7-14(19(20)21)15(17-9)18-13-8-12(13)10-3-5-11(16)6-4-10/h2-7,12-13H,8H2,1H3,(H,17,18)/t12-,13+/m0/s1. The molecular formula is C15H14FN3O2. The van der Waals surface area contributed by atoms with Gasteiger partial charge in [-0.3, -0.25) is 10.1 Å². The van der Waals surface area contributed by atoms with Gasteiger partial charge >= 0.3 is 5.69 Å². The average molecular weight is 287 g/mol. The molecule has 21 heavy (non-hydrogen) atoms. The fourth-order valence-corrected chi connectivity index (χ4v) is 2.41. The van der Waals surface area contributed by atoms with Gasteiger partial charge < -0.3 is 5.32 Å². The third-order valence-electron chi connectivity index (χ3n) is 3.62. The zero-order chi connectivity index (χ0) is 15.0. The van der Waals surface area contributed by atoms with Crippen LogP contribution < -0.4 is 5.32 Å². The molecule has 0 spiro atoms. The van der Waals surface area contributed by atoms with Gasteiger partial charge in [-0.1, -0.05) is 12.1 Å². The van der Waals surface area contributed by atoms with Crippen LogP contribution in [-0.2, 0) is 0 Å². The van der Waals surface area contributed by atoms with Crippen molar-refractivity contribution in [1.82, 2.24) is 4.98 Å². The van der Waals surface area contributed by atoms with Crippen molar-refractivity contribution in [3.8, 4) is 0 Å². The lowest BCUT2D eigenvalue weighted by Crippen LogP contribution is -2.09. The van der Waals surface area contributed by atoms with Crippen LogP contribution >= 0.6 is 0 Å². The Labute approximate surface area is 121 Å². The summed E-state index contributed by atoms with van der Waals surface area (Å²) in [5.41, 5.74) is 1.73. The van der Waals surface area contributed by atoms with Crippen molar-refractivity contribution in [2.24, 2.45) is 0 Å². The number of nitrogens with one attached hydrogen (secondary N) is 1. The van der Waals surface area contributed by atoms with Crippen LogP contribution in [0.5, 0.6) is 0 Å². The summed E-state index contributed by atoms with van der Waals surface area (Å²) in [6, 6.07) is 9.53. The maximum atomic E-state index is 12.9. The Morgan fingerprint density at radius 3 is 2.67 bits per heavy atom. The van der Waals surface area contributed by atoms with E-state index >= 15 is 0 Å². The van der Waals surface area contributed by atoms with Crippen LogP contribution in [0.4, 0.5) is 15.9 Å². The molecule has 0 unspecified atom stereocenters. The number of aryl methyl sites for hydroxylation is 1. The van der Waals surface area contributed by atoms with E-state index in [2.05, 4.69) is 10.3 Å². The maximum Gasteiger partial charge on any atom is 0.311 e. The molecule has 0 amide bonds. The van der Waals surface area contributed by atoms with Crippen molar-refractivity contribution in [2.45, 2.75) is 25.3 Å². The largest absolute Gasteiger partial charge is 0.361 e. The number of rotatable bonds is 4. The summed E-state index contributed by atoms with van der Waals surface area (Å²) in [6.07, 6.45) is 0.860. The summed E-state index contributed by atoms with van der Waals surface area (Å²) < 4.78 is 12.9. The molecule has 1 aliphatic rings. The van der Waals surface area contributed by atoms with Crippen LogP contribution in [0.3, 0.4) is 0 Å². The van der Waals surface area contributed by atoms with E-state index in [0.29, 0.717) is 5.82 Å². The maximum absolute atomic E-state index is 12.9. The van der Waals surface area contributed by atoms with E-state index in [9.17, 15) is 14.5 Å². The quantitative estimate of drug-likeness (QED) is 0.691. The fourth-order valence-electron chi connectivity index (χ4n) is 2.41. The van der Waals surface area contributed by atoms with Crippen LogP contribution in [0.2, 0.25) is 0 Å². The molecule has 6 heteroatoms. The molecule has 3 rings (SSSR count). The Kier molecular flexibility index (Phi) is 3.29. The number of anilines is 1. The van der Waals surface area contributed by atoms with E-state index in [4.69, 9.17) is 0 Å². The van der Waals surface area contributed by atoms with Crippen molar-refractivity contribution in [3.05, 3.63) is 63.6 Å². The predicted octanol–water partition coefficient (Wildman–Crippen LogP) is 3.41. The van der Waals surface area contributed by atoms with Gasteiger partial charge in [0.05, 0.1) is 4.92 Å². The first-order valence-electron chi connectivity index (χ1n) is 6.68. The Morgan fingerprint density at radius 2 is 2.00 bits per heavy atom. The Morgan fingerprint density at radius 1 is 1.29 bits per heavy atom. The summed E-state index contributed by atoms with van der Waals surface area (Å²) >= 11 is 0. The third-order valence-corrected chi connectivity index (χ3v) is 3.62. The van der Waals surface area contributed by atoms with E-state index in [-0.39, 0.29) is 23.5 Å². The average Bonchev–Trinajstić information content (AvgIpc) is 3.18. The molecule has 1 N–H and O–H groups in total. The SMILES string of the molecule is Cc1ccc([N+](=O)[O-])c(N[C@@H]2C[C@H]2c2ccc(F)cc2)n1. The van der Waals surface area contributed by atoms with E-state index in [1.54, 1.807) is 25.1 Å². The fraction of sp³-hybridized carbons (Fsp3) is 0.267. The number of nitrogens with zero attached hydrogens (tertiary/aromatic N) is 2. The highest BCUT2D eigenvalue weighted by atomic mass is 19.1. The van der Waals surface area contributed by atoms with Crippen molar-refractivity contribution < 1.29 is 9.31 Å². The van der Waals surface area contributed by atoms with Crippen LogP contribution in [0, 0.1) is 22.9 Å². The van der Waals surface area contributed by atoms with Gasteiger partial charge in [0.2, 0.25) is 5.82 Å². The minimum Gasteiger partial charge on any atom is -0.361 e. The second-order valence-electron chi connectivity index (χ2n) is 5.22. The lowest BCUT2D eigenvalue weighted by molar-refractivity contribution is -0.384. The van der Waals surface area contributed by atoms with E-state index in [1.165, 1.54) is 18.2 Å². The first-order valence-corrected chi connectivity index (χ1v) is 6.68. The first-order chi connectivity index (χ1) is 10.0. The molecule has 1 aromatic heterocycles. The normalized spacial score (nSPS) is 20.1. The van der Waals surface area contributed by atoms with Crippen molar-refractivity contribution in [3.63, 3.8) is 0 Å². The minimum absolute atomic E-state index is 0.0228. The smallest absolute Gasteiger partial charge is 0.311 e. The molecule has 108 valence electrons. The van der Waals surface area contributed by atoms with Gasteiger partial charge in [-0.05, 0) is 37.1 Å². The molecule has 0 saturated heterocycles. The Bertz CT molecular complexity index is 688. The number of hydrogen-bond donors (Lipinski definition) is 1. The van der Waals surface area contributed by atoms with Crippen molar-refractivity contribution >= 4 is 11.5 Å². The molecule has 1 fully saturated rings. The molecule has 5 nitrogen and oxygen atoms in total. The lowest BCUT2D eigenvalue weighted by atomic mass is 10.1. The highest BCUT2D eigenvalue weighted by Crippen LogP contribution is 2.43. The van der Waals surface area contributed by atoms with Gasteiger partial charge in [-0.15, -0.1) is 0 Å². The van der Waals surface area contributed by atoms with Crippen LogP contribution in [0.25, 0.3) is 0 Å². The number of benzene rings is 1. The number of hydrogen-bond acceptors (Lipinski definition) is 4. The lowest BCUT2D eigenvalue weighted by Gasteiger charge is -2.07. The molecule has 1 aliphatic carbocycles. The molecule has 1 saturated carbocycles. The van der Waals surface area contributed by atoms with Gasteiger partial charge in [-0.2, -0.15) is 0 Å². The Hall–Kier alpha value is -2.50. The highest BCUT2D eigenvalue weighted by molar-refractivity contribution is 5.58. The van der Waals surface area contributed by atoms with Gasteiger partial charge in [-0.25, -0.2) is 9.37 Å². The highest BCUT2D eigenvalue weighted by Gasteiger charge is 2.39. The topological polar surface area (TPSA) is 68.1 Å². The van der Waals surface area contributed by atoms with Crippen molar-refractivity contribution in [2.75, 3.05) is 5.32 Å². The van der Waals surface area contributed by atoms with Gasteiger partial charge in [0, 0.05) is 23.7 Å². The number of nitro groups is 1. The summed E-state index contributed by atoms with van der Waals surface area (Å²) in [5, 5.41) is 14.1. The van der Waals surface area contributed by atoms with E-state index in [1.807, 2.05) is 0 Å². The molecule has 1 aromatic carbocycles. The minimum atomic E-state index is -0.440. The molecule has 2 atom stereocenters. The van der Waals surface area contributed by atoms with E-state index in [0.717, 1.165) is 17.7 Å². The third kappa shape index (κ3) is 2.84. The summed E-state index contributed by atoms with van der Waals surface area (Å²) in [4.78, 5) is 14.8. The monoisotopic (exact) mass is 287 g/mol. The first kappa shape index (κ1) is 13.5. The molecule has 0 radical (unpaired) electrons. The van der Waals surface area contributed by atoms with Crippen LogP contribution in [0.15, 0.2) is 36.4 Å². The molecule has 0 bridgehead atoms. The zero-order valence-corrected chi connectivity index (χ0v) is 11.4. The summed E-state index contributed by atoms with van der Waals surface area (Å²) in [7, 11) is 0. The van der Waals surface area contributed by atoms with Crippen molar-refractivity contribution in [1.29, 1.82) is 0 Å². The second-order valence-corrected chi connectivity index (χ2v) is 5.22. The number of aromatic nitrogens is 1. The summed E-state index contributed by atoms with van der Waals surface area (Å²) in [6.45, 7) is 1.79. The Balaban J connectivity index is 1.76. The van der Waals surface area contributed by atoms with Crippen LogP contribution in [0.1, 0.15) is 23.6 Å². The number of pyridine rings is 1. The summed E-state index contributed by atoms with van der Waals surface area (Å²) in [5.74, 6) is 0.280. The molecule has 1 heterocycles. The predicted molar refractivity (Wildman–Crippen MR) is 76.8 cm³/mol. The molecule has 2 aromatic rings. The molecular weight excluding hydrogens is 273 g/mol. The van der Waals surface area contributed by atoms with Gasteiger partial charge in [0.25, 0.3) is 0 Å². The number of halogens is 1. The van der Waals surface area contributed by atoms with Crippen LogP contribution in [-0.4, -0.2) is 15.9 Å². The molecule has 0 aliphatic heterocycles.